The molecule has 9 nitrogen and oxygen atoms in total. The molecule has 2 amide bonds. The van der Waals surface area contributed by atoms with Crippen LogP contribution in [-0.2, 0) is 11.8 Å². The summed E-state index contributed by atoms with van der Waals surface area (Å²) in [5.74, 6) is -0.780. The van der Waals surface area contributed by atoms with Crippen molar-refractivity contribution in [3.05, 3.63) is 0 Å². The van der Waals surface area contributed by atoms with Gasteiger partial charge in [0.25, 0.3) is 5.95 Å². The lowest BCUT2D eigenvalue weighted by molar-refractivity contribution is -0.150. The SMILES string of the molecule is Cn1nnc(NC(=O)N2CCCC(C)(C(=O)O)C2)n1. The van der Waals surface area contributed by atoms with Crippen molar-refractivity contribution in [3.8, 4) is 0 Å². The van der Waals surface area contributed by atoms with Crippen LogP contribution in [0.25, 0.3) is 0 Å². The Bertz CT molecular complexity index is 501. The molecule has 2 N–H and O–H groups in total. The van der Waals surface area contributed by atoms with E-state index in [1.807, 2.05) is 0 Å². The lowest BCUT2D eigenvalue weighted by Gasteiger charge is -2.37. The average Bonchev–Trinajstić information content (AvgIpc) is 2.74. The molecule has 1 atom stereocenters. The van der Waals surface area contributed by atoms with Crippen LogP contribution in [0, 0.1) is 5.41 Å². The summed E-state index contributed by atoms with van der Waals surface area (Å²) in [5.41, 5.74) is -0.897. The first-order valence-electron chi connectivity index (χ1n) is 5.94. The number of carboxylic acids is 1. The Kier molecular flexibility index (Phi) is 3.36. The number of aryl methyl sites for hydroxylation is 1. The molecule has 0 spiro atoms. The monoisotopic (exact) mass is 268 g/mol. The standard InChI is InChI=1S/C10H16N6O3/c1-10(7(17)18)4-3-5-16(6-10)9(19)11-8-12-14-15(2)13-8/h3-6H2,1-2H3,(H,17,18)(H,11,13,19). The maximum atomic E-state index is 12.0. The van der Waals surface area contributed by atoms with Crippen LogP contribution in [0.15, 0.2) is 0 Å². The van der Waals surface area contributed by atoms with Crippen molar-refractivity contribution in [2.75, 3.05) is 18.4 Å². The number of rotatable bonds is 2. The molecule has 1 fully saturated rings. The summed E-state index contributed by atoms with van der Waals surface area (Å²) < 4.78 is 0. The molecule has 1 aliphatic rings. The first kappa shape index (κ1) is 13.2. The van der Waals surface area contributed by atoms with Crippen molar-refractivity contribution in [2.45, 2.75) is 19.8 Å². The van der Waals surface area contributed by atoms with E-state index in [1.54, 1.807) is 14.0 Å². The molecule has 1 aromatic rings. The van der Waals surface area contributed by atoms with E-state index in [0.717, 1.165) is 0 Å². The summed E-state index contributed by atoms with van der Waals surface area (Å²) in [6.07, 6.45) is 1.22. The van der Waals surface area contributed by atoms with Gasteiger partial charge in [-0.25, -0.2) is 4.79 Å². The Balaban J connectivity index is 2.01. The Morgan fingerprint density at radius 2 is 2.21 bits per heavy atom. The van der Waals surface area contributed by atoms with E-state index < -0.39 is 17.4 Å². The topological polar surface area (TPSA) is 113 Å². The normalized spacial score (nSPS) is 23.2. The zero-order chi connectivity index (χ0) is 14.0. The van der Waals surface area contributed by atoms with E-state index >= 15 is 0 Å². The second-order valence-corrected chi connectivity index (χ2v) is 4.92. The largest absolute Gasteiger partial charge is 0.481 e. The van der Waals surface area contributed by atoms with Crippen LogP contribution in [0.5, 0.6) is 0 Å². The molecule has 0 aliphatic carbocycles. The number of hydrogen-bond donors (Lipinski definition) is 2. The molecule has 1 unspecified atom stereocenters. The van der Waals surface area contributed by atoms with Gasteiger partial charge in [-0.15, -0.1) is 5.10 Å². The highest BCUT2D eigenvalue weighted by Gasteiger charge is 2.39. The van der Waals surface area contributed by atoms with Gasteiger partial charge in [0, 0.05) is 13.1 Å². The number of aromatic nitrogens is 4. The zero-order valence-electron chi connectivity index (χ0n) is 10.8. The Labute approximate surface area is 109 Å². The van der Waals surface area contributed by atoms with Crippen LogP contribution in [0.3, 0.4) is 0 Å². The molecule has 0 radical (unpaired) electrons. The minimum atomic E-state index is -0.897. The number of nitrogens with zero attached hydrogens (tertiary/aromatic N) is 5. The van der Waals surface area contributed by atoms with Crippen molar-refractivity contribution < 1.29 is 14.7 Å². The lowest BCUT2D eigenvalue weighted by Crippen LogP contribution is -2.49. The number of anilines is 1. The number of piperidine rings is 1. The number of tetrazole rings is 1. The molecular formula is C10H16N6O3. The van der Waals surface area contributed by atoms with Crippen LogP contribution < -0.4 is 5.32 Å². The molecule has 0 aromatic carbocycles. The number of hydrogen-bond acceptors (Lipinski definition) is 5. The predicted molar refractivity (Wildman–Crippen MR) is 64.4 cm³/mol. The first-order chi connectivity index (χ1) is 8.90. The Morgan fingerprint density at radius 1 is 1.47 bits per heavy atom. The Morgan fingerprint density at radius 3 is 2.79 bits per heavy atom. The van der Waals surface area contributed by atoms with E-state index in [1.165, 1.54) is 9.70 Å². The summed E-state index contributed by atoms with van der Waals surface area (Å²) >= 11 is 0. The first-order valence-corrected chi connectivity index (χ1v) is 5.94. The fraction of sp³-hybridized carbons (Fsp3) is 0.700. The molecule has 0 saturated carbocycles. The number of carbonyl (C=O) groups is 2. The van der Waals surface area contributed by atoms with Crippen molar-refractivity contribution in [1.29, 1.82) is 0 Å². The van der Waals surface area contributed by atoms with Crippen LogP contribution in [0.1, 0.15) is 19.8 Å². The third-order valence-corrected chi connectivity index (χ3v) is 3.23. The minimum absolute atomic E-state index is 0.107. The van der Waals surface area contributed by atoms with Gasteiger partial charge in [0.2, 0.25) is 0 Å². The maximum absolute atomic E-state index is 12.0. The molecule has 9 heteroatoms. The molecule has 1 aromatic heterocycles. The molecule has 1 saturated heterocycles. The van der Waals surface area contributed by atoms with E-state index in [2.05, 4.69) is 20.7 Å². The highest BCUT2D eigenvalue weighted by molar-refractivity contribution is 5.88. The summed E-state index contributed by atoms with van der Waals surface area (Å²) in [7, 11) is 1.59. The van der Waals surface area contributed by atoms with Crippen LogP contribution >= 0.6 is 0 Å². The van der Waals surface area contributed by atoms with Gasteiger partial charge in [-0.2, -0.15) is 4.80 Å². The quantitative estimate of drug-likeness (QED) is 0.776. The summed E-state index contributed by atoms with van der Waals surface area (Å²) in [5, 5.41) is 22.8. The predicted octanol–water partition coefficient (Wildman–Crippen LogP) is -0.0713. The lowest BCUT2D eigenvalue weighted by atomic mass is 9.82. The number of likely N-dealkylation sites (tertiary alicyclic amines) is 1. The van der Waals surface area contributed by atoms with E-state index in [4.69, 9.17) is 0 Å². The number of amides is 2. The summed E-state index contributed by atoms with van der Waals surface area (Å²) in [6, 6.07) is -0.403. The highest BCUT2D eigenvalue weighted by atomic mass is 16.4. The van der Waals surface area contributed by atoms with Gasteiger partial charge < -0.3 is 10.0 Å². The van der Waals surface area contributed by atoms with Crippen molar-refractivity contribution in [2.24, 2.45) is 12.5 Å². The summed E-state index contributed by atoms with van der Waals surface area (Å²) in [4.78, 5) is 25.9. The van der Waals surface area contributed by atoms with Gasteiger partial charge in [-0.3, -0.25) is 10.1 Å². The van der Waals surface area contributed by atoms with Gasteiger partial charge in [-0.1, -0.05) is 5.10 Å². The molecule has 104 valence electrons. The Hall–Kier alpha value is -2.19. The number of carboxylic acid groups (broad SMARTS) is 1. The van der Waals surface area contributed by atoms with Crippen LogP contribution in [-0.4, -0.2) is 55.3 Å². The van der Waals surface area contributed by atoms with Gasteiger partial charge in [0.1, 0.15) is 0 Å². The molecule has 1 aliphatic heterocycles. The number of nitrogens with one attached hydrogen (secondary N) is 1. The van der Waals surface area contributed by atoms with Gasteiger partial charge in [0.15, 0.2) is 0 Å². The zero-order valence-corrected chi connectivity index (χ0v) is 10.8. The fourth-order valence-corrected chi connectivity index (χ4v) is 2.10. The van der Waals surface area contributed by atoms with Crippen molar-refractivity contribution in [3.63, 3.8) is 0 Å². The number of aliphatic carboxylic acids is 1. The molecule has 2 heterocycles. The number of carbonyl (C=O) groups excluding carboxylic acids is 1. The summed E-state index contributed by atoms with van der Waals surface area (Å²) in [6.45, 7) is 2.35. The third kappa shape index (κ3) is 2.80. The van der Waals surface area contributed by atoms with Gasteiger partial charge >= 0.3 is 12.0 Å². The second-order valence-electron chi connectivity index (χ2n) is 4.92. The van der Waals surface area contributed by atoms with Crippen LogP contribution in [0.2, 0.25) is 0 Å². The molecule has 19 heavy (non-hydrogen) atoms. The van der Waals surface area contributed by atoms with Crippen LogP contribution in [0.4, 0.5) is 10.7 Å². The smallest absolute Gasteiger partial charge is 0.324 e. The van der Waals surface area contributed by atoms with Gasteiger partial charge in [-0.05, 0) is 25.0 Å². The maximum Gasteiger partial charge on any atom is 0.324 e. The molecule has 0 bridgehead atoms. The minimum Gasteiger partial charge on any atom is -0.481 e. The third-order valence-electron chi connectivity index (χ3n) is 3.23. The fourth-order valence-electron chi connectivity index (χ4n) is 2.10. The van der Waals surface area contributed by atoms with Gasteiger partial charge in [0.05, 0.1) is 12.5 Å². The average molecular weight is 268 g/mol. The second kappa shape index (κ2) is 4.82. The number of urea groups is 1. The molecule has 2 rings (SSSR count). The van der Waals surface area contributed by atoms with E-state index in [-0.39, 0.29) is 12.5 Å². The highest BCUT2D eigenvalue weighted by Crippen LogP contribution is 2.29. The van der Waals surface area contributed by atoms with Crippen molar-refractivity contribution in [1.82, 2.24) is 25.1 Å². The van der Waals surface area contributed by atoms with Crippen molar-refractivity contribution >= 4 is 17.9 Å². The van der Waals surface area contributed by atoms with E-state index in [0.29, 0.717) is 19.4 Å². The molecular weight excluding hydrogens is 252 g/mol. The van der Waals surface area contributed by atoms with E-state index in [9.17, 15) is 14.7 Å².